The van der Waals surface area contributed by atoms with Gasteiger partial charge in [0.15, 0.2) is 0 Å². The van der Waals surface area contributed by atoms with Crippen molar-refractivity contribution in [2.75, 3.05) is 37.7 Å². The number of amides is 2. The molecule has 32 heavy (non-hydrogen) atoms. The lowest BCUT2D eigenvalue weighted by Crippen LogP contribution is -2.55. The van der Waals surface area contributed by atoms with Gasteiger partial charge in [-0.05, 0) is 61.8 Å². The van der Waals surface area contributed by atoms with Crippen LogP contribution in [0.5, 0.6) is 0 Å². The van der Waals surface area contributed by atoms with Gasteiger partial charge in [0.2, 0.25) is 5.91 Å². The zero-order valence-corrected chi connectivity index (χ0v) is 20.0. The molecular formula is C25H36FN3O3. The Morgan fingerprint density at radius 1 is 1.22 bits per heavy atom. The first-order valence-electron chi connectivity index (χ1n) is 11.9. The zero-order chi connectivity index (χ0) is 23.3. The van der Waals surface area contributed by atoms with E-state index < -0.39 is 0 Å². The Hall–Kier alpha value is -2.15. The molecule has 1 aromatic rings. The molecule has 2 fully saturated rings. The molecule has 176 valence electrons. The second kappa shape index (κ2) is 8.32. The average Bonchev–Trinajstić information content (AvgIpc) is 3.27. The van der Waals surface area contributed by atoms with Gasteiger partial charge in [-0.2, -0.15) is 0 Å². The summed E-state index contributed by atoms with van der Waals surface area (Å²) in [5.74, 6) is -0.196. The molecule has 0 aromatic heterocycles. The summed E-state index contributed by atoms with van der Waals surface area (Å²) in [5.41, 5.74) is 2.39. The van der Waals surface area contributed by atoms with Gasteiger partial charge in [-0.25, -0.2) is 9.18 Å². The molecule has 0 spiro atoms. The lowest BCUT2D eigenvalue weighted by atomic mass is 9.83. The van der Waals surface area contributed by atoms with Crippen molar-refractivity contribution >= 4 is 17.7 Å². The molecule has 2 amide bonds. The third-order valence-electron chi connectivity index (χ3n) is 7.43. The van der Waals surface area contributed by atoms with E-state index in [0.717, 1.165) is 49.2 Å². The number of halogens is 1. The molecule has 1 aromatic carbocycles. The molecular weight excluding hydrogens is 409 g/mol. The van der Waals surface area contributed by atoms with Gasteiger partial charge in [-0.15, -0.1) is 0 Å². The van der Waals surface area contributed by atoms with E-state index in [0.29, 0.717) is 26.1 Å². The minimum atomic E-state index is -0.275. The molecule has 3 aliphatic heterocycles. The molecule has 7 heteroatoms. The van der Waals surface area contributed by atoms with Crippen molar-refractivity contribution in [3.05, 3.63) is 29.1 Å². The van der Waals surface area contributed by atoms with Crippen LogP contribution in [0.3, 0.4) is 0 Å². The number of likely N-dealkylation sites (tertiary alicyclic amines) is 2. The van der Waals surface area contributed by atoms with Crippen molar-refractivity contribution in [1.29, 1.82) is 0 Å². The van der Waals surface area contributed by atoms with Crippen LogP contribution < -0.4 is 4.90 Å². The second-order valence-electron chi connectivity index (χ2n) is 10.7. The fraction of sp³-hybridized carbons (Fsp3) is 0.680. The number of piperidine rings is 1. The van der Waals surface area contributed by atoms with Crippen molar-refractivity contribution in [2.45, 2.75) is 77.3 Å². The molecule has 3 heterocycles. The number of anilines is 1. The molecule has 3 aliphatic rings. The van der Waals surface area contributed by atoms with Gasteiger partial charge in [0.05, 0.1) is 18.7 Å². The highest BCUT2D eigenvalue weighted by Crippen LogP contribution is 2.41. The summed E-state index contributed by atoms with van der Waals surface area (Å²) in [6, 6.07) is 3.21. The first kappa shape index (κ1) is 23.0. The summed E-state index contributed by atoms with van der Waals surface area (Å²) in [6.45, 7) is 13.7. The first-order valence-corrected chi connectivity index (χ1v) is 11.9. The topological polar surface area (TPSA) is 53.1 Å². The van der Waals surface area contributed by atoms with E-state index in [1.165, 1.54) is 6.07 Å². The lowest BCUT2D eigenvalue weighted by molar-refractivity contribution is -0.118. The van der Waals surface area contributed by atoms with E-state index in [1.807, 2.05) is 11.8 Å². The van der Waals surface area contributed by atoms with E-state index >= 15 is 0 Å². The second-order valence-corrected chi connectivity index (χ2v) is 10.7. The quantitative estimate of drug-likeness (QED) is 0.703. The number of carbonyl (C=O) groups excluding carboxylic acids is 2. The Labute approximate surface area is 190 Å². The van der Waals surface area contributed by atoms with E-state index in [4.69, 9.17) is 4.74 Å². The molecule has 0 saturated carbocycles. The summed E-state index contributed by atoms with van der Waals surface area (Å²) >= 11 is 0. The molecule has 1 atom stereocenters. The van der Waals surface area contributed by atoms with Crippen LogP contribution in [0.25, 0.3) is 0 Å². The predicted molar refractivity (Wildman–Crippen MR) is 123 cm³/mol. The first-order chi connectivity index (χ1) is 15.0. The van der Waals surface area contributed by atoms with Gasteiger partial charge in [-0.1, -0.05) is 20.8 Å². The molecule has 0 radical (unpaired) electrons. The van der Waals surface area contributed by atoms with Gasteiger partial charge < -0.3 is 14.5 Å². The number of nitrogens with zero attached hydrogens (tertiary/aromatic N) is 3. The standard InChI is InChI=1S/C25H36FN3O3/c1-6-32-23(31)27-12-9-25(5,16-27)28-10-7-18(8-11-28)29-21-14-17(26)13-20(24(2,3)4)19(21)15-22(29)30/h13-14,18H,6-12,15-16H2,1-5H3. The Balaban J connectivity index is 1.47. The normalized spacial score (nSPS) is 24.9. The van der Waals surface area contributed by atoms with E-state index in [1.54, 1.807) is 11.0 Å². The zero-order valence-electron chi connectivity index (χ0n) is 20.0. The van der Waals surface area contributed by atoms with Crippen LogP contribution in [-0.2, 0) is 21.4 Å². The molecule has 6 nitrogen and oxygen atoms in total. The molecule has 2 saturated heterocycles. The largest absolute Gasteiger partial charge is 0.450 e. The van der Waals surface area contributed by atoms with Crippen molar-refractivity contribution in [1.82, 2.24) is 9.80 Å². The van der Waals surface area contributed by atoms with Crippen LogP contribution in [-0.4, -0.2) is 66.2 Å². The van der Waals surface area contributed by atoms with Gasteiger partial charge in [0.25, 0.3) is 0 Å². The van der Waals surface area contributed by atoms with Crippen molar-refractivity contribution in [3.63, 3.8) is 0 Å². The monoisotopic (exact) mass is 445 g/mol. The van der Waals surface area contributed by atoms with Crippen LogP contribution in [0.4, 0.5) is 14.9 Å². The minimum absolute atomic E-state index is 0.0732. The third-order valence-corrected chi connectivity index (χ3v) is 7.43. The summed E-state index contributed by atoms with van der Waals surface area (Å²) < 4.78 is 19.7. The average molecular weight is 446 g/mol. The molecule has 4 rings (SSSR count). The van der Waals surface area contributed by atoms with E-state index in [9.17, 15) is 14.0 Å². The maximum absolute atomic E-state index is 14.5. The number of ether oxygens (including phenoxy) is 1. The van der Waals surface area contributed by atoms with E-state index in [2.05, 4.69) is 32.6 Å². The number of hydrogen-bond acceptors (Lipinski definition) is 4. The van der Waals surface area contributed by atoms with Crippen molar-refractivity contribution < 1.29 is 18.7 Å². The summed E-state index contributed by atoms with van der Waals surface area (Å²) in [7, 11) is 0. The fourth-order valence-electron chi connectivity index (χ4n) is 5.70. The fourth-order valence-corrected chi connectivity index (χ4v) is 5.70. The SMILES string of the molecule is CCOC(=O)N1CCC(C)(N2CCC(N3C(=O)Cc4c3cc(F)cc4C(C)(C)C)CC2)C1. The Kier molecular flexibility index (Phi) is 5.99. The summed E-state index contributed by atoms with van der Waals surface area (Å²) in [5, 5.41) is 0. The maximum atomic E-state index is 14.5. The van der Waals surface area contributed by atoms with E-state index in [-0.39, 0.29) is 34.8 Å². The van der Waals surface area contributed by atoms with Crippen LogP contribution in [0.1, 0.15) is 65.0 Å². The molecule has 0 aliphatic carbocycles. The van der Waals surface area contributed by atoms with Gasteiger partial charge in [-0.3, -0.25) is 9.69 Å². The highest BCUT2D eigenvalue weighted by atomic mass is 19.1. The van der Waals surface area contributed by atoms with Crippen molar-refractivity contribution in [2.24, 2.45) is 0 Å². The minimum Gasteiger partial charge on any atom is -0.450 e. The highest BCUT2D eigenvalue weighted by Gasteiger charge is 2.44. The summed E-state index contributed by atoms with van der Waals surface area (Å²) in [4.78, 5) is 31.3. The number of rotatable bonds is 3. The van der Waals surface area contributed by atoms with Gasteiger partial charge >= 0.3 is 6.09 Å². The molecule has 0 bridgehead atoms. The predicted octanol–water partition coefficient (Wildman–Crippen LogP) is 4.10. The highest BCUT2D eigenvalue weighted by molar-refractivity contribution is 6.02. The number of benzene rings is 1. The molecule has 0 N–H and O–H groups in total. The third kappa shape index (κ3) is 4.12. The van der Waals surface area contributed by atoms with Crippen LogP contribution in [0.15, 0.2) is 12.1 Å². The van der Waals surface area contributed by atoms with Crippen LogP contribution >= 0.6 is 0 Å². The van der Waals surface area contributed by atoms with Crippen LogP contribution in [0.2, 0.25) is 0 Å². The lowest BCUT2D eigenvalue weighted by Gasteiger charge is -2.44. The van der Waals surface area contributed by atoms with Crippen molar-refractivity contribution in [3.8, 4) is 0 Å². The Bertz CT molecular complexity index is 904. The smallest absolute Gasteiger partial charge is 0.409 e. The number of fused-ring (bicyclic) bond motifs is 1. The number of carbonyl (C=O) groups is 2. The maximum Gasteiger partial charge on any atom is 0.409 e. The van der Waals surface area contributed by atoms with Gasteiger partial charge in [0, 0.05) is 37.8 Å². The Morgan fingerprint density at radius 3 is 2.53 bits per heavy atom. The number of hydrogen-bond donors (Lipinski definition) is 0. The Morgan fingerprint density at radius 2 is 1.91 bits per heavy atom. The van der Waals surface area contributed by atoms with Crippen LogP contribution in [0, 0.1) is 5.82 Å². The molecule has 1 unspecified atom stereocenters. The van der Waals surface area contributed by atoms with Gasteiger partial charge in [0.1, 0.15) is 5.82 Å². The summed E-state index contributed by atoms with van der Waals surface area (Å²) in [6.07, 6.45) is 2.74.